The van der Waals surface area contributed by atoms with Crippen LogP contribution in [0.25, 0.3) is 15.3 Å². The minimum Gasteiger partial charge on any atom is -0.365 e. The number of anilines is 1. The van der Waals surface area contributed by atoms with Gasteiger partial charge in [-0.2, -0.15) is 5.10 Å². The maximum Gasteiger partial charge on any atom is 0.253 e. The number of aryl methyl sites for hydroxylation is 3. The summed E-state index contributed by atoms with van der Waals surface area (Å²) in [6, 6.07) is 13.9. The highest BCUT2D eigenvalue weighted by Crippen LogP contribution is 2.38. The Morgan fingerprint density at radius 2 is 1.79 bits per heavy atom. The Morgan fingerprint density at radius 1 is 1.06 bits per heavy atom. The molecule has 170 valence electrons. The normalized spacial score (nSPS) is 14.3. The van der Waals surface area contributed by atoms with Gasteiger partial charge in [0, 0.05) is 37.4 Å². The minimum atomic E-state index is 0.0853. The van der Waals surface area contributed by atoms with Gasteiger partial charge in [0.25, 0.3) is 5.91 Å². The van der Waals surface area contributed by atoms with E-state index in [0.717, 1.165) is 44.4 Å². The summed E-state index contributed by atoms with van der Waals surface area (Å²) in [5.41, 5.74) is 5.84. The Labute approximate surface area is 202 Å². The smallest absolute Gasteiger partial charge is 0.253 e. The van der Waals surface area contributed by atoms with E-state index < -0.39 is 0 Å². The standard InChI is InChI=1S/C25H26ClN5OS/c1-4-18-5-7-19(8-6-18)24(32)30-13-11-29(12-14-30)23-20(26)9-10-21-22(23)27-25(33-21)31-17(3)15-16(2)28-31/h5-10,15H,4,11-14H2,1-3H3. The van der Waals surface area contributed by atoms with Crippen LogP contribution in [0.3, 0.4) is 0 Å². The first-order chi connectivity index (χ1) is 15.9. The van der Waals surface area contributed by atoms with Crippen molar-refractivity contribution in [3.63, 3.8) is 0 Å². The SMILES string of the molecule is CCc1ccc(C(=O)N2CCN(c3c(Cl)ccc4sc(-n5nc(C)cc5C)nc34)CC2)cc1. The molecule has 0 saturated carbocycles. The molecule has 0 atom stereocenters. The zero-order chi connectivity index (χ0) is 23.1. The molecule has 0 aliphatic carbocycles. The maximum atomic E-state index is 13.0. The van der Waals surface area contributed by atoms with Crippen molar-refractivity contribution < 1.29 is 4.79 Å². The minimum absolute atomic E-state index is 0.0853. The van der Waals surface area contributed by atoms with Crippen LogP contribution in [0, 0.1) is 13.8 Å². The summed E-state index contributed by atoms with van der Waals surface area (Å²) in [6.07, 6.45) is 0.970. The molecule has 4 aromatic rings. The van der Waals surface area contributed by atoms with Gasteiger partial charge in [0.2, 0.25) is 5.13 Å². The van der Waals surface area contributed by atoms with Gasteiger partial charge in [0.05, 0.1) is 21.1 Å². The average Bonchev–Trinajstić information content (AvgIpc) is 3.40. The van der Waals surface area contributed by atoms with Crippen LogP contribution >= 0.6 is 22.9 Å². The average molecular weight is 480 g/mol. The molecule has 1 amide bonds. The Kier molecular flexibility index (Phi) is 5.85. The summed E-state index contributed by atoms with van der Waals surface area (Å²) >= 11 is 8.28. The van der Waals surface area contributed by atoms with Crippen LogP contribution in [0.1, 0.15) is 34.2 Å². The zero-order valence-electron chi connectivity index (χ0n) is 19.0. The molecule has 0 radical (unpaired) electrons. The molecule has 0 bridgehead atoms. The van der Waals surface area contributed by atoms with Crippen LogP contribution < -0.4 is 4.90 Å². The summed E-state index contributed by atoms with van der Waals surface area (Å²) in [4.78, 5) is 22.1. The van der Waals surface area contributed by atoms with E-state index in [1.165, 1.54) is 5.56 Å². The second kappa shape index (κ2) is 8.80. The van der Waals surface area contributed by atoms with Crippen molar-refractivity contribution in [1.82, 2.24) is 19.7 Å². The number of rotatable bonds is 4. The number of aromatic nitrogens is 3. The molecule has 0 unspecified atom stereocenters. The molecule has 6 nitrogen and oxygen atoms in total. The Morgan fingerprint density at radius 3 is 2.42 bits per heavy atom. The molecule has 3 heterocycles. The molecule has 1 aliphatic rings. The van der Waals surface area contributed by atoms with Crippen LogP contribution in [0.2, 0.25) is 5.02 Å². The van der Waals surface area contributed by atoms with Gasteiger partial charge in [-0.05, 0) is 56.2 Å². The van der Waals surface area contributed by atoms with Crippen molar-refractivity contribution in [2.24, 2.45) is 0 Å². The first-order valence-electron chi connectivity index (χ1n) is 11.2. The van der Waals surface area contributed by atoms with E-state index in [1.807, 2.05) is 65.9 Å². The van der Waals surface area contributed by atoms with Gasteiger partial charge in [-0.15, -0.1) is 0 Å². The highest BCUT2D eigenvalue weighted by molar-refractivity contribution is 7.20. The molecule has 5 rings (SSSR count). The van der Waals surface area contributed by atoms with Gasteiger partial charge in [-0.1, -0.05) is 42.0 Å². The second-order valence-corrected chi connectivity index (χ2v) is 9.82. The molecule has 0 spiro atoms. The molecule has 33 heavy (non-hydrogen) atoms. The Bertz CT molecular complexity index is 1320. The van der Waals surface area contributed by atoms with Crippen molar-refractivity contribution in [3.05, 3.63) is 70.0 Å². The van der Waals surface area contributed by atoms with Gasteiger partial charge in [-0.3, -0.25) is 4.79 Å². The number of hydrogen-bond donors (Lipinski definition) is 0. The van der Waals surface area contributed by atoms with E-state index in [4.69, 9.17) is 16.6 Å². The third-order valence-corrected chi connectivity index (χ3v) is 7.46. The monoisotopic (exact) mass is 479 g/mol. The van der Waals surface area contributed by atoms with Crippen molar-refractivity contribution >= 4 is 44.7 Å². The van der Waals surface area contributed by atoms with Crippen molar-refractivity contribution in [2.45, 2.75) is 27.2 Å². The molecule has 8 heteroatoms. The lowest BCUT2D eigenvalue weighted by Crippen LogP contribution is -2.49. The first kappa shape index (κ1) is 21.9. The molecule has 1 aliphatic heterocycles. The molecule has 1 fully saturated rings. The quantitative estimate of drug-likeness (QED) is 0.399. The predicted molar refractivity (Wildman–Crippen MR) is 135 cm³/mol. The number of thiazole rings is 1. The lowest BCUT2D eigenvalue weighted by Gasteiger charge is -2.36. The molecule has 1 saturated heterocycles. The maximum absolute atomic E-state index is 13.0. The van der Waals surface area contributed by atoms with Crippen molar-refractivity contribution in [2.75, 3.05) is 31.1 Å². The van der Waals surface area contributed by atoms with Gasteiger partial charge in [0.15, 0.2) is 0 Å². The molecule has 0 N–H and O–H groups in total. The van der Waals surface area contributed by atoms with Crippen LogP contribution in [-0.4, -0.2) is 51.8 Å². The topological polar surface area (TPSA) is 54.3 Å². The third-order valence-electron chi connectivity index (χ3n) is 6.16. The first-order valence-corrected chi connectivity index (χ1v) is 12.4. The van der Waals surface area contributed by atoms with Gasteiger partial charge >= 0.3 is 0 Å². The van der Waals surface area contributed by atoms with Crippen LogP contribution in [0.4, 0.5) is 5.69 Å². The number of piperazine rings is 1. The summed E-state index contributed by atoms with van der Waals surface area (Å²) in [5, 5.41) is 6.10. The van der Waals surface area contributed by atoms with Gasteiger partial charge < -0.3 is 9.80 Å². The largest absolute Gasteiger partial charge is 0.365 e. The fraction of sp³-hybridized carbons (Fsp3) is 0.320. The summed E-state index contributed by atoms with van der Waals surface area (Å²) in [7, 11) is 0. The molecule has 2 aromatic carbocycles. The second-order valence-electron chi connectivity index (χ2n) is 8.41. The lowest BCUT2D eigenvalue weighted by molar-refractivity contribution is 0.0747. The summed E-state index contributed by atoms with van der Waals surface area (Å²) in [5.74, 6) is 0.0853. The summed E-state index contributed by atoms with van der Waals surface area (Å²) in [6.45, 7) is 8.86. The number of carbonyl (C=O) groups excluding carboxylic acids is 1. The number of halogens is 1. The number of amides is 1. The van der Waals surface area contributed by atoms with Crippen molar-refractivity contribution in [3.8, 4) is 5.13 Å². The van der Waals surface area contributed by atoms with E-state index >= 15 is 0 Å². The Balaban J connectivity index is 1.38. The number of benzene rings is 2. The number of fused-ring (bicyclic) bond motifs is 1. The van der Waals surface area contributed by atoms with E-state index in [1.54, 1.807) is 11.3 Å². The number of carbonyl (C=O) groups is 1. The predicted octanol–water partition coefficient (Wildman–Crippen LogP) is 5.28. The fourth-order valence-corrected chi connectivity index (χ4v) is 5.61. The summed E-state index contributed by atoms with van der Waals surface area (Å²) < 4.78 is 2.96. The number of hydrogen-bond acceptors (Lipinski definition) is 5. The highest BCUT2D eigenvalue weighted by atomic mass is 35.5. The van der Waals surface area contributed by atoms with Crippen LogP contribution in [0.15, 0.2) is 42.5 Å². The van der Waals surface area contributed by atoms with E-state index in [9.17, 15) is 4.79 Å². The van der Waals surface area contributed by atoms with Crippen LogP contribution in [0.5, 0.6) is 0 Å². The molecular weight excluding hydrogens is 454 g/mol. The zero-order valence-corrected chi connectivity index (χ0v) is 20.6. The number of nitrogens with zero attached hydrogens (tertiary/aromatic N) is 5. The lowest BCUT2D eigenvalue weighted by atomic mass is 10.1. The van der Waals surface area contributed by atoms with E-state index in [0.29, 0.717) is 31.2 Å². The fourth-order valence-electron chi connectivity index (χ4n) is 4.36. The molecular formula is C25H26ClN5OS. The van der Waals surface area contributed by atoms with E-state index in [-0.39, 0.29) is 5.91 Å². The van der Waals surface area contributed by atoms with Crippen LogP contribution in [-0.2, 0) is 6.42 Å². The van der Waals surface area contributed by atoms with E-state index in [2.05, 4.69) is 16.9 Å². The molecule has 2 aromatic heterocycles. The Hall–Kier alpha value is -2.90. The highest BCUT2D eigenvalue weighted by Gasteiger charge is 2.26. The van der Waals surface area contributed by atoms with Crippen molar-refractivity contribution in [1.29, 1.82) is 0 Å². The van der Waals surface area contributed by atoms with Gasteiger partial charge in [0.1, 0.15) is 5.52 Å². The third kappa shape index (κ3) is 4.11. The van der Waals surface area contributed by atoms with Gasteiger partial charge in [-0.25, -0.2) is 9.67 Å².